The minimum Gasteiger partial charge on any atom is -0.443 e. The van der Waals surface area contributed by atoms with Crippen LogP contribution in [0.4, 0.5) is 10.5 Å². The van der Waals surface area contributed by atoms with Crippen molar-refractivity contribution in [1.29, 1.82) is 10.5 Å². The number of anilines is 1. The first kappa shape index (κ1) is 16.1. The predicted molar refractivity (Wildman–Crippen MR) is 85.9 cm³/mol. The van der Waals surface area contributed by atoms with Crippen LogP contribution in [0.5, 0.6) is 0 Å². The van der Waals surface area contributed by atoms with Gasteiger partial charge in [0.15, 0.2) is 0 Å². The van der Waals surface area contributed by atoms with E-state index in [0.717, 1.165) is 5.39 Å². The highest BCUT2D eigenvalue weighted by molar-refractivity contribution is 6.10. The fourth-order valence-corrected chi connectivity index (χ4v) is 1.93. The monoisotopic (exact) mass is 309 g/mol. The molecule has 7 nitrogen and oxygen atoms in total. The number of carbonyl (C=O) groups excluding carboxylic acids is 1. The second-order valence-corrected chi connectivity index (χ2v) is 5.70. The van der Waals surface area contributed by atoms with E-state index in [4.69, 9.17) is 15.3 Å². The Hall–Kier alpha value is -3.32. The molecule has 0 fully saturated rings. The third kappa shape index (κ3) is 3.66. The normalized spacial score (nSPS) is 10.5. The van der Waals surface area contributed by atoms with E-state index in [1.54, 1.807) is 63.4 Å². The number of nitriles is 2. The van der Waals surface area contributed by atoms with Gasteiger partial charge in [0.25, 0.3) is 0 Å². The molecule has 0 radical (unpaired) electrons. The molecule has 0 aliphatic carbocycles. The Morgan fingerprint density at radius 2 is 1.96 bits per heavy atom. The molecule has 0 bridgehead atoms. The maximum Gasteiger partial charge on any atom is 0.418 e. The zero-order valence-corrected chi connectivity index (χ0v) is 13.0. The highest BCUT2D eigenvalue weighted by Gasteiger charge is 2.19. The maximum atomic E-state index is 12.2. The molecule has 0 spiro atoms. The van der Waals surface area contributed by atoms with Gasteiger partial charge in [0, 0.05) is 11.6 Å². The van der Waals surface area contributed by atoms with Gasteiger partial charge in [0.1, 0.15) is 17.7 Å². The van der Waals surface area contributed by atoms with Gasteiger partial charge in [0.05, 0.1) is 11.2 Å². The van der Waals surface area contributed by atoms with Gasteiger partial charge in [-0.3, -0.25) is 9.99 Å². The van der Waals surface area contributed by atoms with Crippen molar-refractivity contribution >= 4 is 28.4 Å². The summed E-state index contributed by atoms with van der Waals surface area (Å²) in [6.45, 7) is 5.39. The van der Waals surface area contributed by atoms with E-state index in [-0.39, 0.29) is 5.71 Å². The number of nitrogens with one attached hydrogen (secondary N) is 1. The fraction of sp³-hybridized carbons (Fsp3) is 0.250. The molecule has 2 aromatic rings. The standard InChI is InChI=1S/C16H15N5O2/c1-16(2,3)23-15(22)21-8-7-12-13(5-4-6-14(12)21)20-19-11(9-17)10-18/h4-8,20H,1-3H3. The van der Waals surface area contributed by atoms with Crippen molar-refractivity contribution in [2.45, 2.75) is 26.4 Å². The first-order chi connectivity index (χ1) is 10.9. The Kier molecular flexibility index (Phi) is 4.33. The minimum absolute atomic E-state index is 0.284. The molecule has 116 valence electrons. The Bertz CT molecular complexity index is 843. The van der Waals surface area contributed by atoms with Crippen molar-refractivity contribution in [3.8, 4) is 12.1 Å². The van der Waals surface area contributed by atoms with E-state index < -0.39 is 11.7 Å². The number of hydrazone groups is 1. The van der Waals surface area contributed by atoms with E-state index in [1.165, 1.54) is 4.57 Å². The SMILES string of the molecule is CC(C)(C)OC(=O)n1ccc2c(NN=C(C#N)C#N)cccc21. The Balaban J connectivity index is 2.38. The van der Waals surface area contributed by atoms with Gasteiger partial charge < -0.3 is 4.74 Å². The summed E-state index contributed by atoms with van der Waals surface area (Å²) >= 11 is 0. The van der Waals surface area contributed by atoms with Gasteiger partial charge in [-0.05, 0) is 39.0 Å². The van der Waals surface area contributed by atoms with E-state index >= 15 is 0 Å². The van der Waals surface area contributed by atoms with Gasteiger partial charge in [-0.15, -0.1) is 0 Å². The second kappa shape index (κ2) is 6.20. The summed E-state index contributed by atoms with van der Waals surface area (Å²) in [5, 5.41) is 21.8. The van der Waals surface area contributed by atoms with Crippen LogP contribution in [0.3, 0.4) is 0 Å². The molecular formula is C16H15N5O2. The van der Waals surface area contributed by atoms with Crippen LogP contribution in [0, 0.1) is 22.7 Å². The van der Waals surface area contributed by atoms with E-state index in [9.17, 15) is 4.79 Å². The number of carbonyl (C=O) groups is 1. The topological polar surface area (TPSA) is 103 Å². The molecule has 1 aromatic heterocycles. The van der Waals surface area contributed by atoms with Gasteiger partial charge in [-0.2, -0.15) is 15.6 Å². The van der Waals surface area contributed by atoms with Crippen molar-refractivity contribution < 1.29 is 9.53 Å². The molecule has 0 saturated carbocycles. The number of aromatic nitrogens is 1. The third-order valence-corrected chi connectivity index (χ3v) is 2.82. The lowest BCUT2D eigenvalue weighted by Gasteiger charge is -2.19. The quantitative estimate of drug-likeness (QED) is 0.677. The number of rotatable bonds is 2. The molecule has 0 aliphatic rings. The molecule has 7 heteroatoms. The number of fused-ring (bicyclic) bond motifs is 1. The molecule has 2 rings (SSSR count). The molecular weight excluding hydrogens is 294 g/mol. The summed E-state index contributed by atoms with van der Waals surface area (Å²) in [6.07, 6.45) is 1.12. The molecule has 0 amide bonds. The smallest absolute Gasteiger partial charge is 0.418 e. The van der Waals surface area contributed by atoms with Crippen LogP contribution in [0.25, 0.3) is 10.9 Å². The van der Waals surface area contributed by atoms with Crippen LogP contribution in [-0.2, 0) is 4.74 Å². The summed E-state index contributed by atoms with van der Waals surface area (Å²) in [6, 6.07) is 10.3. The zero-order chi connectivity index (χ0) is 17.0. The van der Waals surface area contributed by atoms with Gasteiger partial charge in [0.2, 0.25) is 5.71 Å². The van der Waals surface area contributed by atoms with Crippen molar-refractivity contribution in [3.05, 3.63) is 30.5 Å². The van der Waals surface area contributed by atoms with Crippen LogP contribution in [-0.4, -0.2) is 22.0 Å². The number of nitrogens with zero attached hydrogens (tertiary/aromatic N) is 4. The molecule has 0 aliphatic heterocycles. The van der Waals surface area contributed by atoms with E-state index in [0.29, 0.717) is 11.2 Å². The Morgan fingerprint density at radius 3 is 2.57 bits per heavy atom. The number of hydrogen-bond donors (Lipinski definition) is 1. The van der Waals surface area contributed by atoms with Crippen LogP contribution < -0.4 is 5.43 Å². The summed E-state index contributed by atoms with van der Waals surface area (Å²) < 4.78 is 6.75. The Labute approximate surface area is 133 Å². The summed E-state index contributed by atoms with van der Waals surface area (Å²) in [4.78, 5) is 12.2. The van der Waals surface area contributed by atoms with Crippen LogP contribution in [0.15, 0.2) is 35.6 Å². The highest BCUT2D eigenvalue weighted by Crippen LogP contribution is 2.25. The number of ether oxygens (including phenoxy) is 1. The van der Waals surface area contributed by atoms with E-state index in [1.807, 2.05) is 0 Å². The molecule has 0 atom stereocenters. The first-order valence-corrected chi connectivity index (χ1v) is 6.83. The molecule has 0 unspecified atom stereocenters. The molecule has 1 aromatic carbocycles. The van der Waals surface area contributed by atoms with Crippen molar-refractivity contribution in [2.24, 2.45) is 5.10 Å². The summed E-state index contributed by atoms with van der Waals surface area (Å²) in [5.74, 6) is 0. The number of benzene rings is 1. The van der Waals surface area contributed by atoms with Crippen molar-refractivity contribution in [2.75, 3.05) is 5.43 Å². The predicted octanol–water partition coefficient (Wildman–Crippen LogP) is 3.24. The first-order valence-electron chi connectivity index (χ1n) is 6.83. The fourth-order valence-electron chi connectivity index (χ4n) is 1.93. The zero-order valence-electron chi connectivity index (χ0n) is 13.0. The maximum absolute atomic E-state index is 12.2. The van der Waals surface area contributed by atoms with Crippen LogP contribution >= 0.6 is 0 Å². The number of hydrogen-bond acceptors (Lipinski definition) is 6. The molecule has 1 heterocycles. The lowest BCUT2D eigenvalue weighted by Crippen LogP contribution is -2.26. The largest absolute Gasteiger partial charge is 0.443 e. The summed E-state index contributed by atoms with van der Waals surface area (Å²) in [7, 11) is 0. The second-order valence-electron chi connectivity index (χ2n) is 5.70. The lowest BCUT2D eigenvalue weighted by atomic mass is 10.2. The van der Waals surface area contributed by atoms with Crippen molar-refractivity contribution in [1.82, 2.24) is 4.57 Å². The Morgan fingerprint density at radius 1 is 1.26 bits per heavy atom. The molecule has 0 saturated heterocycles. The van der Waals surface area contributed by atoms with E-state index in [2.05, 4.69) is 10.5 Å². The van der Waals surface area contributed by atoms with Crippen molar-refractivity contribution in [3.63, 3.8) is 0 Å². The molecule has 23 heavy (non-hydrogen) atoms. The average molecular weight is 309 g/mol. The summed E-state index contributed by atoms with van der Waals surface area (Å²) in [5.41, 5.74) is 3.00. The minimum atomic E-state index is -0.595. The van der Waals surface area contributed by atoms with Crippen LogP contribution in [0.1, 0.15) is 20.8 Å². The van der Waals surface area contributed by atoms with Gasteiger partial charge in [-0.1, -0.05) is 6.07 Å². The van der Waals surface area contributed by atoms with Gasteiger partial charge in [-0.25, -0.2) is 4.79 Å². The van der Waals surface area contributed by atoms with Gasteiger partial charge >= 0.3 is 6.09 Å². The third-order valence-electron chi connectivity index (χ3n) is 2.82. The highest BCUT2D eigenvalue weighted by atomic mass is 16.6. The molecule has 1 N–H and O–H groups in total. The average Bonchev–Trinajstić information content (AvgIpc) is 2.91. The van der Waals surface area contributed by atoms with Crippen LogP contribution in [0.2, 0.25) is 0 Å². The lowest BCUT2D eigenvalue weighted by molar-refractivity contribution is 0.0544.